The molecule has 350 valence electrons. The summed E-state index contributed by atoms with van der Waals surface area (Å²) in [7, 11) is 0. The van der Waals surface area contributed by atoms with Crippen LogP contribution in [0.2, 0.25) is 0 Å². The minimum atomic E-state index is -1.01. The summed E-state index contributed by atoms with van der Waals surface area (Å²) >= 11 is 0. The summed E-state index contributed by atoms with van der Waals surface area (Å²) < 4.78 is 15.5. The topological polar surface area (TPSA) is 211 Å². The third-order valence-electron chi connectivity index (χ3n) is 14.5. The van der Waals surface area contributed by atoms with Crippen molar-refractivity contribution in [1.82, 2.24) is 49.8 Å². The highest BCUT2D eigenvalue weighted by atomic mass is 19.1. The van der Waals surface area contributed by atoms with E-state index in [0.717, 1.165) is 80.6 Å². The number of imide groups is 2. The molecule has 0 radical (unpaired) electrons. The number of hydrogen-bond acceptors (Lipinski definition) is 14. The van der Waals surface area contributed by atoms with E-state index >= 15 is 0 Å². The number of carbonyl (C=O) groups is 6. The Morgan fingerprint density at radius 3 is 2.29 bits per heavy atom. The first-order valence-electron chi connectivity index (χ1n) is 23.4. The molecule has 5 aliphatic heterocycles. The zero-order valence-electron chi connectivity index (χ0n) is 37.2. The molecule has 20 heteroatoms. The Morgan fingerprint density at radius 2 is 1.54 bits per heavy atom. The van der Waals surface area contributed by atoms with Gasteiger partial charge in [-0.3, -0.25) is 43.9 Å². The molecule has 2 aromatic carbocycles. The van der Waals surface area contributed by atoms with Crippen molar-refractivity contribution >= 4 is 69.5 Å². The predicted octanol–water partition coefficient (Wildman–Crippen LogP) is 3.14. The second-order valence-electron chi connectivity index (χ2n) is 18.7. The van der Waals surface area contributed by atoms with Crippen molar-refractivity contribution in [3.05, 3.63) is 96.1 Å². The number of amides is 6. The van der Waals surface area contributed by atoms with Gasteiger partial charge in [-0.15, -0.1) is 0 Å². The molecule has 5 aromatic rings. The van der Waals surface area contributed by atoms with E-state index in [0.29, 0.717) is 48.8 Å². The van der Waals surface area contributed by atoms with Crippen LogP contribution in [0.25, 0.3) is 11.2 Å². The summed E-state index contributed by atoms with van der Waals surface area (Å²) in [4.78, 5) is 104. The molecule has 11 rings (SSSR count). The first-order valence-corrected chi connectivity index (χ1v) is 23.4. The molecule has 1 saturated carbocycles. The molecule has 19 nitrogen and oxygen atoms in total. The van der Waals surface area contributed by atoms with E-state index in [-0.39, 0.29) is 53.6 Å². The maximum atomic E-state index is 13.5. The first-order chi connectivity index (χ1) is 33.0. The molecule has 1 atom stereocenters. The molecule has 6 amide bonds. The van der Waals surface area contributed by atoms with Crippen LogP contribution in [-0.2, 0) is 14.4 Å². The molecular formula is C48H50FN13O6. The number of nitrogens with one attached hydrogen (secondary N) is 3. The maximum absolute atomic E-state index is 13.5. The van der Waals surface area contributed by atoms with Crippen LogP contribution in [0.1, 0.15) is 75.8 Å². The van der Waals surface area contributed by atoms with Crippen LogP contribution < -0.4 is 25.8 Å². The molecule has 0 bridgehead atoms. The lowest BCUT2D eigenvalue weighted by Gasteiger charge is -2.44. The summed E-state index contributed by atoms with van der Waals surface area (Å²) in [6, 6.07) is 16.6. The molecule has 6 aliphatic rings. The van der Waals surface area contributed by atoms with Crippen LogP contribution >= 0.6 is 0 Å². The molecular weight excluding hydrogens is 874 g/mol. The van der Waals surface area contributed by atoms with Crippen molar-refractivity contribution in [2.75, 3.05) is 74.0 Å². The minimum absolute atomic E-state index is 0.0567. The standard InChI is InChI=1S/C48H50FN13O6/c49-39-3-1-2-37(55-39)44(64)54-31-20-34(21-31)61-27-52-41-42(50-26-51-43(41)61)53-30-4-6-32(7-5-30)58-18-16-57(17-19-58)23-28-12-14-59(15-13-28)46(66)29-24-60(25-29)33-8-9-35-36(22-33)48(68)62(47(35)67)38-10-11-40(63)56-45(38)65/h1-9,22,26-29,31,34,38H,10-21,23-25H2,(H,54,64)(H,50,51,53)(H,56,63,65)/t31?,34?,38-/m0/s1. The fourth-order valence-corrected chi connectivity index (χ4v) is 10.5. The van der Waals surface area contributed by atoms with Gasteiger partial charge >= 0.3 is 0 Å². The van der Waals surface area contributed by atoms with Gasteiger partial charge in [0, 0.05) is 94.5 Å². The van der Waals surface area contributed by atoms with Gasteiger partial charge in [0.15, 0.2) is 17.0 Å². The Bertz CT molecular complexity index is 2830. The zero-order chi connectivity index (χ0) is 46.6. The number of piperidine rings is 2. The van der Waals surface area contributed by atoms with Crippen LogP contribution in [0, 0.1) is 17.8 Å². The van der Waals surface area contributed by atoms with Crippen LogP contribution in [0.4, 0.5) is 27.3 Å². The number of pyridine rings is 1. The number of anilines is 4. The van der Waals surface area contributed by atoms with E-state index < -0.39 is 41.5 Å². The van der Waals surface area contributed by atoms with E-state index in [4.69, 9.17) is 0 Å². The largest absolute Gasteiger partial charge is 0.370 e. The van der Waals surface area contributed by atoms with Crippen molar-refractivity contribution in [2.45, 2.75) is 56.7 Å². The number of aromatic nitrogens is 5. The van der Waals surface area contributed by atoms with Gasteiger partial charge < -0.3 is 29.9 Å². The van der Waals surface area contributed by atoms with Gasteiger partial charge in [0.25, 0.3) is 17.7 Å². The fourth-order valence-electron chi connectivity index (χ4n) is 10.5. The molecule has 3 N–H and O–H groups in total. The minimum Gasteiger partial charge on any atom is -0.370 e. The smallest absolute Gasteiger partial charge is 0.270 e. The molecule has 1 aliphatic carbocycles. The Balaban J connectivity index is 0.606. The van der Waals surface area contributed by atoms with E-state index in [1.165, 1.54) is 24.5 Å². The van der Waals surface area contributed by atoms with Gasteiger partial charge in [0.1, 0.15) is 18.1 Å². The van der Waals surface area contributed by atoms with Crippen LogP contribution in [-0.4, -0.2) is 146 Å². The lowest BCUT2D eigenvalue weighted by molar-refractivity contribution is -0.138. The number of imidazole rings is 1. The van der Waals surface area contributed by atoms with Crippen molar-refractivity contribution in [2.24, 2.45) is 11.8 Å². The number of carbonyl (C=O) groups excluding carboxylic acids is 6. The summed E-state index contributed by atoms with van der Waals surface area (Å²) in [5.41, 5.74) is 4.70. The van der Waals surface area contributed by atoms with Crippen LogP contribution in [0.5, 0.6) is 0 Å². The number of halogens is 1. The Labute approximate surface area is 390 Å². The Hall–Kier alpha value is -7.35. The van der Waals surface area contributed by atoms with Crippen LogP contribution in [0.15, 0.2) is 73.3 Å². The number of benzene rings is 2. The summed E-state index contributed by atoms with van der Waals surface area (Å²) in [5, 5.41) is 8.57. The van der Waals surface area contributed by atoms with Gasteiger partial charge in [-0.1, -0.05) is 6.07 Å². The molecule has 68 heavy (non-hydrogen) atoms. The third-order valence-corrected chi connectivity index (χ3v) is 14.5. The zero-order valence-corrected chi connectivity index (χ0v) is 37.2. The van der Waals surface area contributed by atoms with Crippen molar-refractivity contribution < 1.29 is 33.2 Å². The average Bonchev–Trinajstić information content (AvgIpc) is 3.85. The fraction of sp³-hybridized carbons (Fsp3) is 0.417. The normalized spacial score (nSPS) is 22.5. The second-order valence-corrected chi connectivity index (χ2v) is 18.7. The summed E-state index contributed by atoms with van der Waals surface area (Å²) in [6.07, 6.45) is 6.78. The lowest BCUT2D eigenvalue weighted by atomic mass is 9.86. The lowest BCUT2D eigenvalue weighted by Crippen LogP contribution is -2.56. The average molecular weight is 924 g/mol. The number of nitrogens with zero attached hydrogens (tertiary/aromatic N) is 10. The second kappa shape index (κ2) is 17.7. The Morgan fingerprint density at radius 1 is 0.794 bits per heavy atom. The molecule has 0 spiro atoms. The quantitative estimate of drug-likeness (QED) is 0.129. The van der Waals surface area contributed by atoms with Crippen molar-refractivity contribution in [1.29, 1.82) is 0 Å². The van der Waals surface area contributed by atoms with Gasteiger partial charge in [-0.05, 0) is 92.6 Å². The molecule has 5 fully saturated rings. The monoisotopic (exact) mass is 923 g/mol. The van der Waals surface area contributed by atoms with Crippen molar-refractivity contribution in [3.8, 4) is 0 Å². The number of rotatable bonds is 11. The van der Waals surface area contributed by atoms with E-state index in [2.05, 4.69) is 57.8 Å². The SMILES string of the molecule is O=C1CC[C@H](N2C(=O)c3ccc(N4CC(C(=O)N5CCC(CN6CCN(c7ccc(Nc8ncnc9c8ncn9C8CC(NC(=O)c9cccc(F)n9)C8)cc7)CC6)CC5)C4)cc3C2=O)C(=O)N1. The van der Waals surface area contributed by atoms with Crippen molar-refractivity contribution in [3.63, 3.8) is 0 Å². The molecule has 0 unspecified atom stereocenters. The van der Waals surface area contributed by atoms with E-state index in [1.54, 1.807) is 24.5 Å². The highest BCUT2D eigenvalue weighted by Gasteiger charge is 2.45. The van der Waals surface area contributed by atoms with Gasteiger partial charge in [0.2, 0.25) is 23.7 Å². The highest BCUT2D eigenvalue weighted by molar-refractivity contribution is 6.23. The van der Waals surface area contributed by atoms with Gasteiger partial charge in [-0.25, -0.2) is 19.9 Å². The number of piperazine rings is 1. The maximum Gasteiger partial charge on any atom is 0.270 e. The summed E-state index contributed by atoms with van der Waals surface area (Å²) in [6.45, 7) is 7.36. The summed E-state index contributed by atoms with van der Waals surface area (Å²) in [5.74, 6) is -2.03. The molecule has 4 saturated heterocycles. The van der Waals surface area contributed by atoms with E-state index in [1.807, 2.05) is 26.5 Å². The van der Waals surface area contributed by atoms with Gasteiger partial charge in [0.05, 0.1) is 23.4 Å². The predicted molar refractivity (Wildman–Crippen MR) is 246 cm³/mol. The third kappa shape index (κ3) is 8.26. The number of fused-ring (bicyclic) bond motifs is 2. The molecule has 3 aromatic heterocycles. The highest BCUT2D eigenvalue weighted by Crippen LogP contribution is 2.37. The molecule has 8 heterocycles. The number of likely N-dealkylation sites (tertiary alicyclic amines) is 1. The van der Waals surface area contributed by atoms with Crippen LogP contribution in [0.3, 0.4) is 0 Å². The Kier molecular flexibility index (Phi) is 11.3. The van der Waals surface area contributed by atoms with E-state index in [9.17, 15) is 33.2 Å². The first kappa shape index (κ1) is 43.2. The van der Waals surface area contributed by atoms with Gasteiger partial charge in [-0.2, -0.15) is 4.39 Å². The number of hydrogen-bond donors (Lipinski definition) is 3.